The number of hydrogen-bond donors (Lipinski definition) is 0. The van der Waals surface area contributed by atoms with Crippen LogP contribution in [0.1, 0.15) is 10.4 Å². The van der Waals surface area contributed by atoms with Crippen molar-refractivity contribution in [2.45, 2.75) is 6.32 Å². The van der Waals surface area contributed by atoms with E-state index in [0.29, 0.717) is 5.56 Å². The lowest BCUT2D eigenvalue weighted by Crippen LogP contribution is -1.98. The summed E-state index contributed by atoms with van der Waals surface area (Å²) in [5.41, 5.74) is 1.70. The molecule has 72 valence electrons. The molecule has 3 heteroatoms. The van der Waals surface area contributed by atoms with Crippen LogP contribution in [0.2, 0.25) is 6.32 Å². The molecule has 2 nitrogen and oxygen atoms in total. The van der Waals surface area contributed by atoms with Gasteiger partial charge in [0.15, 0.2) is 5.78 Å². The van der Waals surface area contributed by atoms with Crippen LogP contribution in [0.15, 0.2) is 48.8 Å². The zero-order valence-electron chi connectivity index (χ0n) is 8.26. The second-order valence-electron chi connectivity index (χ2n) is 3.26. The van der Waals surface area contributed by atoms with Gasteiger partial charge < -0.3 is 4.57 Å². The monoisotopic (exact) mass is 195 g/mol. The standard InChI is InChI=1S/C12H10BNO/c13-9-12(15)10-3-5-11(6-4-10)14-7-1-2-8-14/h1-8H,9H2. The highest BCUT2D eigenvalue weighted by Gasteiger charge is 2.02. The maximum Gasteiger partial charge on any atom is 0.154 e. The van der Waals surface area contributed by atoms with E-state index in [1.165, 1.54) is 0 Å². The highest BCUT2D eigenvalue weighted by Crippen LogP contribution is 2.11. The smallest absolute Gasteiger partial charge is 0.154 e. The number of rotatable bonds is 3. The molecule has 0 atom stereocenters. The van der Waals surface area contributed by atoms with Gasteiger partial charge in [0.1, 0.15) is 0 Å². The van der Waals surface area contributed by atoms with Gasteiger partial charge in [0.2, 0.25) is 0 Å². The van der Waals surface area contributed by atoms with Crippen molar-refractivity contribution in [3.63, 3.8) is 0 Å². The van der Waals surface area contributed by atoms with Crippen molar-refractivity contribution in [1.29, 1.82) is 0 Å². The van der Waals surface area contributed by atoms with Crippen molar-refractivity contribution in [3.8, 4) is 5.69 Å². The molecule has 0 unspecified atom stereocenters. The van der Waals surface area contributed by atoms with Crippen LogP contribution in [-0.4, -0.2) is 18.2 Å². The minimum atomic E-state index is -0.0333. The number of benzene rings is 1. The average molecular weight is 195 g/mol. The number of carbonyl (C=O) groups excluding carboxylic acids is 1. The molecule has 0 aliphatic heterocycles. The molecule has 0 saturated carbocycles. The maximum atomic E-state index is 11.3. The van der Waals surface area contributed by atoms with Gasteiger partial charge in [-0.05, 0) is 42.7 Å². The second-order valence-corrected chi connectivity index (χ2v) is 3.26. The summed E-state index contributed by atoms with van der Waals surface area (Å²) >= 11 is 0. The summed E-state index contributed by atoms with van der Waals surface area (Å²) in [6.45, 7) is 0. The van der Waals surface area contributed by atoms with E-state index in [0.717, 1.165) is 5.69 Å². The minimum Gasteiger partial charge on any atom is -0.324 e. The van der Waals surface area contributed by atoms with Crippen molar-refractivity contribution in [2.75, 3.05) is 0 Å². The van der Waals surface area contributed by atoms with Gasteiger partial charge >= 0.3 is 0 Å². The number of ketones is 1. The second kappa shape index (κ2) is 4.17. The Morgan fingerprint density at radius 2 is 1.73 bits per heavy atom. The third-order valence-corrected chi connectivity index (χ3v) is 2.28. The molecule has 0 N–H and O–H groups in total. The fourth-order valence-electron chi connectivity index (χ4n) is 1.44. The van der Waals surface area contributed by atoms with Crippen LogP contribution in [0.4, 0.5) is 0 Å². The Morgan fingerprint density at radius 1 is 1.13 bits per heavy atom. The predicted molar refractivity (Wildman–Crippen MR) is 60.7 cm³/mol. The molecule has 15 heavy (non-hydrogen) atoms. The fourth-order valence-corrected chi connectivity index (χ4v) is 1.44. The lowest BCUT2D eigenvalue weighted by molar-refractivity contribution is 0.101. The van der Waals surface area contributed by atoms with Crippen molar-refractivity contribution in [3.05, 3.63) is 54.4 Å². The quantitative estimate of drug-likeness (QED) is 0.543. The normalized spacial score (nSPS) is 10.1. The Morgan fingerprint density at radius 3 is 2.27 bits per heavy atom. The van der Waals surface area contributed by atoms with Crippen molar-refractivity contribution >= 4 is 13.6 Å². The molecule has 0 spiro atoms. The summed E-state index contributed by atoms with van der Waals surface area (Å²) in [6.07, 6.45) is 3.97. The lowest BCUT2D eigenvalue weighted by atomic mass is 9.96. The Balaban J connectivity index is 2.29. The first-order valence-corrected chi connectivity index (χ1v) is 4.78. The zero-order chi connectivity index (χ0) is 10.7. The molecule has 0 bridgehead atoms. The van der Waals surface area contributed by atoms with Gasteiger partial charge in [-0.2, -0.15) is 0 Å². The van der Waals surface area contributed by atoms with Gasteiger partial charge in [0.05, 0.1) is 7.85 Å². The van der Waals surface area contributed by atoms with E-state index in [2.05, 4.69) is 0 Å². The van der Waals surface area contributed by atoms with Gasteiger partial charge in [-0.3, -0.25) is 4.79 Å². The lowest BCUT2D eigenvalue weighted by Gasteiger charge is -2.03. The van der Waals surface area contributed by atoms with Crippen molar-refractivity contribution in [1.82, 2.24) is 4.57 Å². The Kier molecular flexibility index (Phi) is 2.72. The summed E-state index contributed by atoms with van der Waals surface area (Å²) in [6, 6.07) is 11.3. The molecule has 2 radical (unpaired) electrons. The molecular formula is C12H10BNO. The summed E-state index contributed by atoms with van der Waals surface area (Å²) in [7, 11) is 5.28. The van der Waals surface area contributed by atoms with Gasteiger partial charge in [-0.1, -0.05) is 0 Å². The first-order chi connectivity index (χ1) is 7.31. The average Bonchev–Trinajstić information content (AvgIpc) is 2.82. The summed E-state index contributed by atoms with van der Waals surface area (Å²) in [5.74, 6) is -0.0333. The molecule has 1 aromatic heterocycles. The van der Waals surface area contributed by atoms with Gasteiger partial charge in [0.25, 0.3) is 0 Å². The predicted octanol–water partition coefficient (Wildman–Crippen LogP) is 2.25. The number of aromatic nitrogens is 1. The molecule has 0 aliphatic rings. The molecule has 0 fully saturated rings. The maximum absolute atomic E-state index is 11.3. The third kappa shape index (κ3) is 2.01. The Bertz CT molecular complexity index is 445. The topological polar surface area (TPSA) is 22.0 Å². The summed E-state index contributed by atoms with van der Waals surface area (Å²) in [5, 5.41) is 0. The Labute approximate surface area is 90.0 Å². The number of carbonyl (C=O) groups is 1. The molecule has 2 aromatic rings. The van der Waals surface area contributed by atoms with Gasteiger partial charge in [-0.15, -0.1) is 0 Å². The molecule has 1 aromatic carbocycles. The van der Waals surface area contributed by atoms with E-state index in [1.54, 1.807) is 12.1 Å². The van der Waals surface area contributed by atoms with Crippen LogP contribution in [-0.2, 0) is 0 Å². The van der Waals surface area contributed by atoms with E-state index >= 15 is 0 Å². The van der Waals surface area contributed by atoms with E-state index < -0.39 is 0 Å². The van der Waals surface area contributed by atoms with Gasteiger partial charge in [0, 0.05) is 23.6 Å². The first kappa shape index (κ1) is 9.78. The van der Waals surface area contributed by atoms with Crippen LogP contribution < -0.4 is 0 Å². The zero-order valence-corrected chi connectivity index (χ0v) is 8.26. The van der Waals surface area contributed by atoms with E-state index in [-0.39, 0.29) is 12.1 Å². The van der Waals surface area contributed by atoms with Crippen LogP contribution >= 0.6 is 0 Å². The molecular weight excluding hydrogens is 185 g/mol. The highest BCUT2D eigenvalue weighted by molar-refractivity contribution is 6.23. The molecule has 0 saturated heterocycles. The third-order valence-electron chi connectivity index (χ3n) is 2.28. The van der Waals surface area contributed by atoms with Crippen LogP contribution in [0, 0.1) is 0 Å². The summed E-state index contributed by atoms with van der Waals surface area (Å²) in [4.78, 5) is 11.3. The molecule has 0 aliphatic carbocycles. The van der Waals surface area contributed by atoms with Crippen LogP contribution in [0.3, 0.4) is 0 Å². The van der Waals surface area contributed by atoms with Gasteiger partial charge in [-0.25, -0.2) is 0 Å². The van der Waals surface area contributed by atoms with Crippen molar-refractivity contribution < 1.29 is 4.79 Å². The summed E-state index contributed by atoms with van der Waals surface area (Å²) < 4.78 is 1.98. The fraction of sp³-hybridized carbons (Fsp3) is 0.0833. The van der Waals surface area contributed by atoms with E-state index in [9.17, 15) is 4.79 Å². The highest BCUT2D eigenvalue weighted by atomic mass is 16.1. The van der Waals surface area contributed by atoms with Crippen molar-refractivity contribution in [2.24, 2.45) is 0 Å². The number of nitrogens with zero attached hydrogens (tertiary/aromatic N) is 1. The van der Waals surface area contributed by atoms with Crippen LogP contribution in [0.5, 0.6) is 0 Å². The largest absolute Gasteiger partial charge is 0.324 e. The van der Waals surface area contributed by atoms with E-state index in [1.807, 2.05) is 41.2 Å². The van der Waals surface area contributed by atoms with E-state index in [4.69, 9.17) is 7.85 Å². The molecule has 1 heterocycles. The number of Topliss-reactive ketones (excluding diaryl/α,β-unsaturated/α-hetero) is 1. The molecule has 2 rings (SSSR count). The first-order valence-electron chi connectivity index (χ1n) is 4.78. The molecule has 0 amide bonds. The SMILES string of the molecule is [B]CC(=O)c1ccc(-n2cccc2)cc1. The minimum absolute atomic E-state index is 0.0333. The Hall–Kier alpha value is -1.77. The van der Waals surface area contributed by atoms with Crippen LogP contribution in [0.25, 0.3) is 5.69 Å². The number of hydrogen-bond acceptors (Lipinski definition) is 1.